The minimum Gasteiger partial charge on any atom is -0.381 e. The van der Waals surface area contributed by atoms with E-state index in [0.717, 1.165) is 32.3 Å². The molecule has 2 saturated heterocycles. The van der Waals surface area contributed by atoms with E-state index in [1.807, 2.05) is 0 Å². The molecule has 2 aliphatic rings. The van der Waals surface area contributed by atoms with Crippen LogP contribution in [0, 0.1) is 5.92 Å². The Kier molecular flexibility index (Phi) is 4.42. The highest BCUT2D eigenvalue weighted by Crippen LogP contribution is 2.17. The lowest BCUT2D eigenvalue weighted by Crippen LogP contribution is -2.38. The third-order valence-electron chi connectivity index (χ3n) is 3.57. The van der Waals surface area contributed by atoms with Crippen molar-refractivity contribution in [1.82, 2.24) is 5.32 Å². The lowest BCUT2D eigenvalue weighted by atomic mass is 10.0. The largest absolute Gasteiger partial charge is 0.381 e. The van der Waals surface area contributed by atoms with Crippen LogP contribution in [-0.2, 0) is 9.47 Å². The fraction of sp³-hybridized carbons (Fsp3) is 1.00. The highest BCUT2D eigenvalue weighted by Gasteiger charge is 2.22. The molecular weight excluding hydrogens is 190 g/mol. The molecular formula is C12H23NO2. The molecule has 0 radical (unpaired) electrons. The molecule has 15 heavy (non-hydrogen) atoms. The van der Waals surface area contributed by atoms with E-state index in [9.17, 15) is 0 Å². The lowest BCUT2D eigenvalue weighted by molar-refractivity contribution is 0.0831. The van der Waals surface area contributed by atoms with Gasteiger partial charge in [0.05, 0.1) is 6.10 Å². The van der Waals surface area contributed by atoms with Crippen LogP contribution in [0.2, 0.25) is 0 Å². The molecule has 0 aromatic rings. The first-order chi connectivity index (χ1) is 7.36. The molecule has 2 aliphatic heterocycles. The van der Waals surface area contributed by atoms with Crippen LogP contribution in [-0.4, -0.2) is 38.5 Å². The SMILES string of the molecule is C[C@H](NCC[C@H]1CCOC1)[C@H]1CCCO1. The van der Waals surface area contributed by atoms with Crippen LogP contribution in [0.3, 0.4) is 0 Å². The van der Waals surface area contributed by atoms with Crippen LogP contribution in [0.25, 0.3) is 0 Å². The van der Waals surface area contributed by atoms with Gasteiger partial charge in [-0.25, -0.2) is 0 Å². The topological polar surface area (TPSA) is 30.5 Å². The standard InChI is InChI=1S/C12H23NO2/c1-10(12-3-2-7-15-12)13-6-4-11-5-8-14-9-11/h10-13H,2-9H2,1H3/t10-,11-,12+/m0/s1. The van der Waals surface area contributed by atoms with Crippen molar-refractivity contribution < 1.29 is 9.47 Å². The molecule has 0 aromatic carbocycles. The normalized spacial score (nSPS) is 33.4. The van der Waals surface area contributed by atoms with Crippen molar-refractivity contribution in [3.05, 3.63) is 0 Å². The fourth-order valence-corrected chi connectivity index (χ4v) is 2.45. The lowest BCUT2D eigenvalue weighted by Gasteiger charge is -2.20. The molecule has 0 aromatic heterocycles. The second-order valence-electron chi connectivity index (χ2n) is 4.81. The van der Waals surface area contributed by atoms with E-state index in [1.165, 1.54) is 25.7 Å². The molecule has 0 saturated carbocycles. The molecule has 2 rings (SSSR count). The van der Waals surface area contributed by atoms with E-state index in [1.54, 1.807) is 0 Å². The average molecular weight is 213 g/mol. The molecule has 2 heterocycles. The first-order valence-electron chi connectivity index (χ1n) is 6.29. The first-order valence-corrected chi connectivity index (χ1v) is 6.29. The Morgan fingerprint density at radius 3 is 2.93 bits per heavy atom. The van der Waals surface area contributed by atoms with Crippen molar-refractivity contribution in [2.75, 3.05) is 26.4 Å². The van der Waals surface area contributed by atoms with Gasteiger partial charge in [-0.15, -0.1) is 0 Å². The zero-order valence-electron chi connectivity index (χ0n) is 9.71. The Morgan fingerprint density at radius 2 is 2.27 bits per heavy atom. The van der Waals surface area contributed by atoms with E-state index in [0.29, 0.717) is 12.1 Å². The third-order valence-corrected chi connectivity index (χ3v) is 3.57. The number of ether oxygens (including phenoxy) is 2. The van der Waals surface area contributed by atoms with E-state index >= 15 is 0 Å². The van der Waals surface area contributed by atoms with Crippen molar-refractivity contribution in [3.8, 4) is 0 Å². The average Bonchev–Trinajstić information content (AvgIpc) is 2.90. The molecule has 0 aliphatic carbocycles. The van der Waals surface area contributed by atoms with Gasteiger partial charge in [0.15, 0.2) is 0 Å². The van der Waals surface area contributed by atoms with E-state index in [-0.39, 0.29) is 0 Å². The molecule has 2 fully saturated rings. The second-order valence-corrected chi connectivity index (χ2v) is 4.81. The summed E-state index contributed by atoms with van der Waals surface area (Å²) in [5.74, 6) is 0.786. The van der Waals surface area contributed by atoms with Gasteiger partial charge in [0.25, 0.3) is 0 Å². The van der Waals surface area contributed by atoms with Crippen molar-refractivity contribution in [3.63, 3.8) is 0 Å². The quantitative estimate of drug-likeness (QED) is 0.752. The van der Waals surface area contributed by atoms with Crippen LogP contribution >= 0.6 is 0 Å². The zero-order chi connectivity index (χ0) is 10.5. The van der Waals surface area contributed by atoms with Gasteiger partial charge in [-0.1, -0.05) is 0 Å². The summed E-state index contributed by atoms with van der Waals surface area (Å²) in [5.41, 5.74) is 0. The molecule has 3 atom stereocenters. The third kappa shape index (κ3) is 3.44. The molecule has 0 unspecified atom stereocenters. The maximum Gasteiger partial charge on any atom is 0.0726 e. The molecule has 0 spiro atoms. The predicted octanol–water partition coefficient (Wildman–Crippen LogP) is 1.57. The van der Waals surface area contributed by atoms with Gasteiger partial charge in [-0.3, -0.25) is 0 Å². The number of rotatable bonds is 5. The Bertz CT molecular complexity index is 174. The highest BCUT2D eigenvalue weighted by atomic mass is 16.5. The summed E-state index contributed by atoms with van der Waals surface area (Å²) in [6.45, 7) is 6.23. The van der Waals surface area contributed by atoms with Crippen molar-refractivity contribution in [1.29, 1.82) is 0 Å². The van der Waals surface area contributed by atoms with Crippen molar-refractivity contribution in [2.45, 2.75) is 44.8 Å². The minimum atomic E-state index is 0.449. The van der Waals surface area contributed by atoms with Crippen LogP contribution in [0.15, 0.2) is 0 Å². The number of nitrogens with one attached hydrogen (secondary N) is 1. The summed E-state index contributed by atoms with van der Waals surface area (Å²) in [7, 11) is 0. The van der Waals surface area contributed by atoms with Crippen molar-refractivity contribution >= 4 is 0 Å². The Labute approximate surface area is 92.5 Å². The Hall–Kier alpha value is -0.120. The number of hydrogen-bond acceptors (Lipinski definition) is 3. The number of hydrogen-bond donors (Lipinski definition) is 1. The maximum absolute atomic E-state index is 5.65. The fourth-order valence-electron chi connectivity index (χ4n) is 2.45. The summed E-state index contributed by atoms with van der Waals surface area (Å²) in [6, 6.07) is 0.509. The predicted molar refractivity (Wildman–Crippen MR) is 60.0 cm³/mol. The smallest absolute Gasteiger partial charge is 0.0726 e. The van der Waals surface area contributed by atoms with Gasteiger partial charge in [0.1, 0.15) is 0 Å². The van der Waals surface area contributed by atoms with Crippen LogP contribution in [0.4, 0.5) is 0 Å². The summed E-state index contributed by atoms with van der Waals surface area (Å²) >= 11 is 0. The molecule has 0 amide bonds. The summed E-state index contributed by atoms with van der Waals surface area (Å²) in [6.07, 6.45) is 5.39. The molecule has 0 bridgehead atoms. The molecule has 3 heteroatoms. The molecule has 88 valence electrons. The van der Waals surface area contributed by atoms with Crippen LogP contribution in [0.5, 0.6) is 0 Å². The van der Waals surface area contributed by atoms with Gasteiger partial charge < -0.3 is 14.8 Å². The van der Waals surface area contributed by atoms with E-state index in [2.05, 4.69) is 12.2 Å². The van der Waals surface area contributed by atoms with Crippen LogP contribution in [0.1, 0.15) is 32.6 Å². The summed E-state index contributed by atoms with van der Waals surface area (Å²) in [5, 5.41) is 3.57. The Morgan fingerprint density at radius 1 is 1.33 bits per heavy atom. The monoisotopic (exact) mass is 213 g/mol. The molecule has 1 N–H and O–H groups in total. The first kappa shape index (κ1) is 11.4. The summed E-state index contributed by atoms with van der Waals surface area (Å²) < 4.78 is 11.0. The van der Waals surface area contributed by atoms with Crippen LogP contribution < -0.4 is 5.32 Å². The minimum absolute atomic E-state index is 0.449. The zero-order valence-corrected chi connectivity index (χ0v) is 9.71. The highest BCUT2D eigenvalue weighted by molar-refractivity contribution is 4.77. The van der Waals surface area contributed by atoms with Gasteiger partial charge >= 0.3 is 0 Å². The van der Waals surface area contributed by atoms with Gasteiger partial charge in [0, 0.05) is 25.9 Å². The van der Waals surface area contributed by atoms with Gasteiger partial charge in [-0.05, 0) is 45.1 Å². The second kappa shape index (κ2) is 5.83. The summed E-state index contributed by atoms with van der Waals surface area (Å²) in [4.78, 5) is 0. The van der Waals surface area contributed by atoms with E-state index < -0.39 is 0 Å². The molecule has 3 nitrogen and oxygen atoms in total. The van der Waals surface area contributed by atoms with Crippen molar-refractivity contribution in [2.24, 2.45) is 5.92 Å². The maximum atomic E-state index is 5.65. The van der Waals surface area contributed by atoms with Gasteiger partial charge in [-0.2, -0.15) is 0 Å². The Balaban J connectivity index is 1.56. The van der Waals surface area contributed by atoms with E-state index in [4.69, 9.17) is 9.47 Å². The van der Waals surface area contributed by atoms with Gasteiger partial charge in [0.2, 0.25) is 0 Å².